The van der Waals surface area contributed by atoms with Crippen LogP contribution in [0, 0.1) is 0 Å². The minimum Gasteiger partial charge on any atom is -0.410 e. The molecule has 1 aliphatic carbocycles. The highest BCUT2D eigenvalue weighted by molar-refractivity contribution is 6.23. The van der Waals surface area contributed by atoms with Crippen molar-refractivity contribution in [2.24, 2.45) is 5.16 Å². The van der Waals surface area contributed by atoms with Crippen LogP contribution in [0.15, 0.2) is 28.6 Å². The minimum atomic E-state index is 0.314. The molecule has 0 heterocycles. The van der Waals surface area contributed by atoms with Gasteiger partial charge >= 0.3 is 0 Å². The first-order chi connectivity index (χ1) is 5.70. The largest absolute Gasteiger partial charge is 0.410 e. The third-order valence-corrected chi connectivity index (χ3v) is 1.66. The number of aldehydes is 1. The molecule has 0 atom stereocenters. The number of carbonyl (C=O) groups is 1. The average molecular weight is 166 g/mol. The fourth-order valence-corrected chi connectivity index (χ4v) is 1.07. The first-order valence-corrected chi connectivity index (χ1v) is 3.48. The van der Waals surface area contributed by atoms with Crippen LogP contribution >= 0.6 is 0 Å². The zero-order valence-electron chi connectivity index (χ0n) is 6.98. The first-order valence-electron chi connectivity index (χ1n) is 3.48. The molecule has 0 aromatic heterocycles. The Labute approximate surface area is 70.5 Å². The molecule has 0 spiro atoms. The Morgan fingerprint density at radius 1 is 1.50 bits per heavy atom. The molecule has 4 heteroatoms. The van der Waals surface area contributed by atoms with E-state index in [4.69, 9.17) is 5.21 Å². The summed E-state index contributed by atoms with van der Waals surface area (Å²) in [5, 5.41) is 11.5. The highest BCUT2D eigenvalue weighted by Crippen LogP contribution is 2.16. The third-order valence-electron chi connectivity index (χ3n) is 1.66. The fraction of sp³-hybridized carbons (Fsp3) is 0.250. The molecule has 12 heavy (non-hydrogen) atoms. The molecule has 0 unspecified atom stereocenters. The predicted molar refractivity (Wildman–Crippen MR) is 45.1 cm³/mol. The van der Waals surface area contributed by atoms with E-state index in [1.165, 1.54) is 0 Å². The summed E-state index contributed by atoms with van der Waals surface area (Å²) in [7, 11) is 3.65. The Morgan fingerprint density at radius 2 is 2.17 bits per heavy atom. The lowest BCUT2D eigenvalue weighted by atomic mass is 10.2. The van der Waals surface area contributed by atoms with Gasteiger partial charge in [-0.1, -0.05) is 5.16 Å². The van der Waals surface area contributed by atoms with Gasteiger partial charge in [-0.15, -0.1) is 0 Å². The zero-order chi connectivity index (χ0) is 9.14. The number of carbonyl (C=O) groups excluding carboxylic acids is 1. The summed E-state index contributed by atoms with van der Waals surface area (Å²) >= 11 is 0. The molecular formula is C8H10N2O2. The Bertz CT molecular complexity index is 287. The van der Waals surface area contributed by atoms with Crippen LogP contribution in [0.4, 0.5) is 0 Å². The van der Waals surface area contributed by atoms with Gasteiger partial charge in [-0.25, -0.2) is 0 Å². The summed E-state index contributed by atoms with van der Waals surface area (Å²) in [5.74, 6) is 0. The number of hydrogen-bond acceptors (Lipinski definition) is 4. The standard InChI is InChI=1S/C8H10N2O2/c1-10(2)8-4-3-7(9-12)6(8)5-11/h3-5,12H,1-2H3/b9-7-. The SMILES string of the molecule is CN(C)C1=C(C=O)/C(=N\O)C=C1. The first kappa shape index (κ1) is 8.52. The molecule has 0 fully saturated rings. The zero-order valence-corrected chi connectivity index (χ0v) is 6.98. The van der Waals surface area contributed by atoms with E-state index in [2.05, 4.69) is 5.16 Å². The Balaban J connectivity index is 3.11. The molecule has 64 valence electrons. The lowest BCUT2D eigenvalue weighted by molar-refractivity contribution is -0.104. The number of rotatable bonds is 2. The summed E-state index contributed by atoms with van der Waals surface area (Å²) in [6, 6.07) is 0. The van der Waals surface area contributed by atoms with Crippen LogP contribution in [0.1, 0.15) is 0 Å². The smallest absolute Gasteiger partial charge is 0.154 e. The van der Waals surface area contributed by atoms with Crippen LogP contribution in [0.5, 0.6) is 0 Å². The van der Waals surface area contributed by atoms with E-state index in [9.17, 15) is 4.79 Å². The van der Waals surface area contributed by atoms with Crippen molar-refractivity contribution in [1.82, 2.24) is 4.90 Å². The Morgan fingerprint density at radius 3 is 2.58 bits per heavy atom. The number of hydrogen-bond donors (Lipinski definition) is 1. The lowest BCUT2D eigenvalue weighted by Gasteiger charge is -2.12. The maximum absolute atomic E-state index is 10.6. The van der Waals surface area contributed by atoms with Gasteiger partial charge in [0.05, 0.1) is 5.57 Å². The second kappa shape index (κ2) is 3.21. The van der Waals surface area contributed by atoms with Crippen LogP contribution in [0.2, 0.25) is 0 Å². The van der Waals surface area contributed by atoms with Crippen molar-refractivity contribution in [3.05, 3.63) is 23.4 Å². The summed E-state index contributed by atoms with van der Waals surface area (Å²) in [6.07, 6.45) is 4.02. The molecule has 0 saturated carbocycles. The van der Waals surface area contributed by atoms with Gasteiger partial charge in [0.1, 0.15) is 5.71 Å². The molecule has 0 amide bonds. The summed E-state index contributed by atoms with van der Waals surface area (Å²) in [4.78, 5) is 12.4. The topological polar surface area (TPSA) is 52.9 Å². The molecule has 1 aliphatic rings. The van der Waals surface area contributed by atoms with E-state index in [-0.39, 0.29) is 0 Å². The van der Waals surface area contributed by atoms with Crippen LogP contribution < -0.4 is 0 Å². The van der Waals surface area contributed by atoms with Gasteiger partial charge in [-0.05, 0) is 12.2 Å². The van der Waals surface area contributed by atoms with Crippen LogP contribution in [0.3, 0.4) is 0 Å². The van der Waals surface area contributed by atoms with E-state index in [1.54, 1.807) is 17.1 Å². The number of oxime groups is 1. The van der Waals surface area contributed by atoms with E-state index >= 15 is 0 Å². The highest BCUT2D eigenvalue weighted by Gasteiger charge is 2.16. The van der Waals surface area contributed by atoms with Crippen molar-refractivity contribution in [3.8, 4) is 0 Å². The normalized spacial score (nSPS) is 19.0. The van der Waals surface area contributed by atoms with Gasteiger partial charge in [-0.2, -0.15) is 0 Å². The average Bonchev–Trinajstić information content (AvgIpc) is 2.46. The fourth-order valence-electron chi connectivity index (χ4n) is 1.07. The van der Waals surface area contributed by atoms with Gasteiger partial charge in [0.25, 0.3) is 0 Å². The van der Waals surface area contributed by atoms with Gasteiger partial charge in [-0.3, -0.25) is 4.79 Å². The molecule has 4 nitrogen and oxygen atoms in total. The van der Waals surface area contributed by atoms with Crippen LogP contribution in [-0.2, 0) is 4.79 Å². The summed E-state index contributed by atoms with van der Waals surface area (Å²) in [5.41, 5.74) is 1.49. The third kappa shape index (κ3) is 1.23. The van der Waals surface area contributed by atoms with Crippen LogP contribution in [-0.4, -0.2) is 36.2 Å². The maximum Gasteiger partial charge on any atom is 0.154 e. The number of nitrogens with zero attached hydrogens (tertiary/aromatic N) is 2. The van der Waals surface area contributed by atoms with Gasteiger partial charge in [0.2, 0.25) is 0 Å². The molecule has 1 N–H and O–H groups in total. The van der Waals surface area contributed by atoms with E-state index < -0.39 is 0 Å². The lowest BCUT2D eigenvalue weighted by Crippen LogP contribution is -2.12. The molecule has 0 aromatic carbocycles. The molecule has 1 rings (SSSR count). The van der Waals surface area contributed by atoms with Crippen molar-refractivity contribution in [3.63, 3.8) is 0 Å². The van der Waals surface area contributed by atoms with Gasteiger partial charge in [0, 0.05) is 19.8 Å². The highest BCUT2D eigenvalue weighted by atomic mass is 16.4. The second-order valence-corrected chi connectivity index (χ2v) is 2.63. The van der Waals surface area contributed by atoms with Crippen molar-refractivity contribution >= 4 is 12.0 Å². The second-order valence-electron chi connectivity index (χ2n) is 2.63. The predicted octanol–water partition coefficient (Wildman–Crippen LogP) is 0.401. The van der Waals surface area contributed by atoms with E-state index in [0.29, 0.717) is 17.6 Å². The molecule has 0 saturated heterocycles. The number of likely N-dealkylation sites (N-methyl/N-ethyl adjacent to an activating group) is 1. The van der Waals surface area contributed by atoms with Crippen LogP contribution in [0.25, 0.3) is 0 Å². The van der Waals surface area contributed by atoms with Crippen molar-refractivity contribution in [2.75, 3.05) is 14.1 Å². The van der Waals surface area contributed by atoms with Crippen molar-refractivity contribution in [1.29, 1.82) is 0 Å². The molecule has 0 aromatic rings. The minimum absolute atomic E-state index is 0.314. The Kier molecular flexibility index (Phi) is 2.28. The maximum atomic E-state index is 10.6. The molecule has 0 radical (unpaired) electrons. The monoisotopic (exact) mass is 166 g/mol. The van der Waals surface area contributed by atoms with E-state index in [1.807, 2.05) is 14.1 Å². The Hall–Kier alpha value is -1.58. The van der Waals surface area contributed by atoms with Gasteiger partial charge in [0.15, 0.2) is 6.29 Å². The molecule has 0 aliphatic heterocycles. The van der Waals surface area contributed by atoms with E-state index in [0.717, 1.165) is 5.70 Å². The molecule has 0 bridgehead atoms. The summed E-state index contributed by atoms with van der Waals surface area (Å²) in [6.45, 7) is 0. The van der Waals surface area contributed by atoms with Crippen molar-refractivity contribution < 1.29 is 10.0 Å². The number of allylic oxidation sites excluding steroid dienone is 3. The van der Waals surface area contributed by atoms with Gasteiger partial charge < -0.3 is 10.1 Å². The quantitative estimate of drug-likeness (QED) is 0.367. The molecular weight excluding hydrogens is 156 g/mol. The summed E-state index contributed by atoms with van der Waals surface area (Å²) < 4.78 is 0. The van der Waals surface area contributed by atoms with Crippen molar-refractivity contribution in [2.45, 2.75) is 0 Å².